The molecule has 0 N–H and O–H groups in total. The van der Waals surface area contributed by atoms with Crippen molar-refractivity contribution in [1.29, 1.82) is 0 Å². The topological polar surface area (TPSA) is 61.8 Å². The first-order valence-corrected chi connectivity index (χ1v) is 6.86. The highest BCUT2D eigenvalue weighted by Gasteiger charge is 2.15. The van der Waals surface area contributed by atoms with Crippen molar-refractivity contribution in [2.75, 3.05) is 0 Å². The summed E-state index contributed by atoms with van der Waals surface area (Å²) in [5, 5.41) is 0. The number of hydrogen-bond acceptors (Lipinski definition) is 3. The largest absolute Gasteiger partial charge is 0.332 e. The van der Waals surface area contributed by atoms with Crippen molar-refractivity contribution < 1.29 is 0 Å². The summed E-state index contributed by atoms with van der Waals surface area (Å²) in [6, 6.07) is 9.82. The fourth-order valence-corrected chi connectivity index (χ4v) is 2.42. The van der Waals surface area contributed by atoms with E-state index in [1.54, 1.807) is 18.7 Å². The van der Waals surface area contributed by atoms with Crippen LogP contribution in [0.4, 0.5) is 0 Å². The fourth-order valence-electron chi connectivity index (χ4n) is 2.42. The molecule has 1 aromatic carbocycles. The van der Waals surface area contributed by atoms with Crippen LogP contribution in [0.5, 0.6) is 0 Å². The van der Waals surface area contributed by atoms with Gasteiger partial charge in [-0.05, 0) is 11.6 Å². The maximum Gasteiger partial charge on any atom is 0.332 e. The van der Waals surface area contributed by atoms with Crippen LogP contribution >= 0.6 is 0 Å². The van der Waals surface area contributed by atoms with Gasteiger partial charge in [0.05, 0.1) is 0 Å². The Labute approximate surface area is 126 Å². The number of fused-ring (bicyclic) bond motifs is 1. The lowest BCUT2D eigenvalue weighted by Crippen LogP contribution is -2.37. The molecule has 0 unspecified atom stereocenters. The van der Waals surface area contributed by atoms with Crippen LogP contribution < -0.4 is 11.2 Å². The van der Waals surface area contributed by atoms with E-state index in [-0.39, 0.29) is 11.2 Å². The van der Waals surface area contributed by atoms with Crippen molar-refractivity contribution in [3.8, 4) is 0 Å². The van der Waals surface area contributed by atoms with Crippen LogP contribution in [-0.2, 0) is 21.1 Å². The Bertz CT molecular complexity index is 991. The van der Waals surface area contributed by atoms with Gasteiger partial charge in [0, 0.05) is 21.1 Å². The number of rotatable bonds is 2. The lowest BCUT2D eigenvalue weighted by molar-refractivity contribution is 0.705. The Morgan fingerprint density at radius 3 is 2.27 bits per heavy atom. The second kappa shape index (κ2) is 5.14. The molecule has 0 amide bonds. The molecule has 2 heterocycles. The van der Waals surface area contributed by atoms with Crippen LogP contribution in [0, 0.1) is 0 Å². The van der Waals surface area contributed by atoms with E-state index in [2.05, 4.69) is 4.98 Å². The van der Waals surface area contributed by atoms with Gasteiger partial charge in [-0.25, -0.2) is 9.78 Å². The van der Waals surface area contributed by atoms with Gasteiger partial charge in [-0.3, -0.25) is 13.9 Å². The van der Waals surface area contributed by atoms with Crippen LogP contribution in [0.25, 0.3) is 23.3 Å². The van der Waals surface area contributed by atoms with E-state index in [1.165, 1.54) is 11.6 Å². The summed E-state index contributed by atoms with van der Waals surface area (Å²) in [4.78, 5) is 28.7. The molecule has 112 valence electrons. The molecule has 0 saturated carbocycles. The summed E-state index contributed by atoms with van der Waals surface area (Å²) < 4.78 is 4.18. The second-order valence-corrected chi connectivity index (χ2v) is 5.15. The van der Waals surface area contributed by atoms with Gasteiger partial charge in [-0.1, -0.05) is 36.4 Å². The smallest absolute Gasteiger partial charge is 0.322 e. The molecular weight excluding hydrogens is 280 g/mol. The maximum atomic E-state index is 12.3. The van der Waals surface area contributed by atoms with Crippen LogP contribution in [0.15, 0.2) is 39.9 Å². The third-order valence-corrected chi connectivity index (χ3v) is 3.73. The highest BCUT2D eigenvalue weighted by molar-refractivity contribution is 5.76. The SMILES string of the molecule is Cn1c(=O)c2c(nc(C=Cc3ccccc3)n2C)n(C)c1=O. The van der Waals surface area contributed by atoms with Crippen LogP contribution in [0.3, 0.4) is 0 Å². The minimum atomic E-state index is -0.380. The molecule has 0 aliphatic carbocycles. The van der Waals surface area contributed by atoms with Crippen molar-refractivity contribution in [3.05, 3.63) is 62.6 Å². The molecule has 22 heavy (non-hydrogen) atoms. The quantitative estimate of drug-likeness (QED) is 0.712. The summed E-state index contributed by atoms with van der Waals surface area (Å²) in [6.07, 6.45) is 3.75. The molecule has 0 radical (unpaired) electrons. The summed E-state index contributed by atoms with van der Waals surface area (Å²) in [5.41, 5.74) is 1.12. The Kier molecular flexibility index (Phi) is 3.29. The third-order valence-electron chi connectivity index (χ3n) is 3.73. The Morgan fingerprint density at radius 1 is 0.909 bits per heavy atom. The van der Waals surface area contributed by atoms with E-state index in [4.69, 9.17) is 0 Å². The normalized spacial score (nSPS) is 11.6. The van der Waals surface area contributed by atoms with Gasteiger partial charge in [0.1, 0.15) is 5.82 Å². The average molecular weight is 296 g/mol. The van der Waals surface area contributed by atoms with Gasteiger partial charge in [0.15, 0.2) is 11.2 Å². The molecule has 0 aliphatic rings. The predicted molar refractivity (Wildman–Crippen MR) is 86.6 cm³/mol. The molecule has 0 saturated heterocycles. The van der Waals surface area contributed by atoms with Crippen LogP contribution in [0.1, 0.15) is 11.4 Å². The maximum absolute atomic E-state index is 12.3. The van der Waals surface area contributed by atoms with Crippen molar-refractivity contribution in [2.45, 2.75) is 0 Å². The van der Waals surface area contributed by atoms with Crippen LogP contribution in [0.2, 0.25) is 0 Å². The first kappa shape index (κ1) is 14.1. The highest BCUT2D eigenvalue weighted by atomic mass is 16.2. The molecule has 0 bridgehead atoms. The van der Waals surface area contributed by atoms with E-state index < -0.39 is 0 Å². The average Bonchev–Trinajstić information content (AvgIpc) is 2.87. The number of nitrogens with zero attached hydrogens (tertiary/aromatic N) is 4. The zero-order chi connectivity index (χ0) is 15.9. The van der Waals surface area contributed by atoms with Gasteiger partial charge in [0.2, 0.25) is 0 Å². The van der Waals surface area contributed by atoms with Crippen LogP contribution in [-0.4, -0.2) is 18.7 Å². The van der Waals surface area contributed by atoms with Crippen molar-refractivity contribution in [3.63, 3.8) is 0 Å². The van der Waals surface area contributed by atoms with Gasteiger partial charge >= 0.3 is 5.69 Å². The Hall–Kier alpha value is -2.89. The number of benzene rings is 1. The van der Waals surface area contributed by atoms with Crippen molar-refractivity contribution >= 4 is 23.3 Å². The summed E-state index contributed by atoms with van der Waals surface area (Å²) in [7, 11) is 4.85. The number of aryl methyl sites for hydroxylation is 2. The minimum absolute atomic E-state index is 0.340. The highest BCUT2D eigenvalue weighted by Crippen LogP contribution is 2.12. The molecule has 2 aromatic heterocycles. The van der Waals surface area contributed by atoms with E-state index in [1.807, 2.05) is 42.5 Å². The fraction of sp³-hybridized carbons (Fsp3) is 0.188. The number of imidazole rings is 1. The van der Waals surface area contributed by atoms with Crippen molar-refractivity contribution in [1.82, 2.24) is 18.7 Å². The third kappa shape index (κ3) is 2.09. The molecule has 0 spiro atoms. The van der Waals surface area contributed by atoms with Gasteiger partial charge in [-0.15, -0.1) is 0 Å². The second-order valence-electron chi connectivity index (χ2n) is 5.15. The van der Waals surface area contributed by atoms with Gasteiger partial charge < -0.3 is 4.57 Å². The standard InChI is InChI=1S/C16H16N4O2/c1-18-12(10-9-11-7-5-4-6-8-11)17-14-13(18)15(21)20(3)16(22)19(14)2/h4-10H,1-3H3. The molecule has 0 fully saturated rings. The van der Waals surface area contributed by atoms with E-state index in [9.17, 15) is 9.59 Å². The molecule has 0 atom stereocenters. The molecule has 3 rings (SSSR count). The molecule has 3 aromatic rings. The lowest BCUT2D eigenvalue weighted by Gasteiger charge is -2.03. The summed E-state index contributed by atoms with van der Waals surface area (Å²) in [6.45, 7) is 0. The number of aromatic nitrogens is 4. The first-order valence-electron chi connectivity index (χ1n) is 6.86. The molecule has 6 heteroatoms. The molecule has 0 aliphatic heterocycles. The van der Waals surface area contributed by atoms with E-state index >= 15 is 0 Å². The Morgan fingerprint density at radius 2 is 1.59 bits per heavy atom. The van der Waals surface area contributed by atoms with Gasteiger partial charge in [-0.2, -0.15) is 0 Å². The van der Waals surface area contributed by atoms with E-state index in [0.717, 1.165) is 10.1 Å². The monoisotopic (exact) mass is 296 g/mol. The van der Waals surface area contributed by atoms with Crippen molar-refractivity contribution in [2.24, 2.45) is 21.1 Å². The van der Waals surface area contributed by atoms with E-state index in [0.29, 0.717) is 17.0 Å². The minimum Gasteiger partial charge on any atom is -0.322 e. The predicted octanol–water partition coefficient (Wildman–Crippen LogP) is 1.14. The first-order chi connectivity index (χ1) is 10.5. The zero-order valence-corrected chi connectivity index (χ0v) is 12.6. The summed E-state index contributed by atoms with van der Waals surface area (Å²) in [5.74, 6) is 0.622. The van der Waals surface area contributed by atoms with Gasteiger partial charge in [0.25, 0.3) is 5.56 Å². The lowest BCUT2D eigenvalue weighted by atomic mass is 10.2. The zero-order valence-electron chi connectivity index (χ0n) is 12.6. The summed E-state index contributed by atoms with van der Waals surface area (Å²) >= 11 is 0. The number of hydrogen-bond donors (Lipinski definition) is 0. The molecule has 6 nitrogen and oxygen atoms in total. The molecular formula is C16H16N4O2. The Balaban J connectivity index is 2.21.